The van der Waals surface area contributed by atoms with E-state index in [2.05, 4.69) is 10.3 Å². The number of halogens is 1. The van der Waals surface area contributed by atoms with E-state index in [4.69, 9.17) is 22.1 Å². The molecule has 0 aromatic heterocycles. The van der Waals surface area contributed by atoms with E-state index in [1.807, 2.05) is 17.8 Å². The molecular weight excluding hydrogens is 294 g/mol. The first-order chi connectivity index (χ1) is 9.69. The zero-order valence-electron chi connectivity index (χ0n) is 11.6. The van der Waals surface area contributed by atoms with Gasteiger partial charge in [0.25, 0.3) is 0 Å². The summed E-state index contributed by atoms with van der Waals surface area (Å²) in [5, 5.41) is 4.20. The van der Waals surface area contributed by atoms with Crippen molar-refractivity contribution in [1.82, 2.24) is 0 Å². The van der Waals surface area contributed by atoms with Gasteiger partial charge in [-0.1, -0.05) is 18.0 Å². The Labute approximate surface area is 129 Å². The van der Waals surface area contributed by atoms with Crippen LogP contribution in [0.25, 0.3) is 0 Å². The van der Waals surface area contributed by atoms with E-state index in [9.17, 15) is 0 Å². The summed E-state index contributed by atoms with van der Waals surface area (Å²) < 4.78 is 5.11. The number of ether oxygens (including phenoxy) is 1. The van der Waals surface area contributed by atoms with Crippen molar-refractivity contribution in [3.8, 4) is 5.75 Å². The van der Waals surface area contributed by atoms with Gasteiger partial charge in [-0.2, -0.15) is 11.8 Å². The Kier molecular flexibility index (Phi) is 5.86. The van der Waals surface area contributed by atoms with Crippen LogP contribution in [0, 0.1) is 0 Å². The summed E-state index contributed by atoms with van der Waals surface area (Å²) in [6.07, 6.45) is 3.85. The number of benzene rings is 1. The summed E-state index contributed by atoms with van der Waals surface area (Å²) in [7, 11) is 1.59. The second-order valence-corrected chi connectivity index (χ2v) is 6.50. The molecule has 0 amide bonds. The Morgan fingerprint density at radius 2 is 2.40 bits per heavy atom. The van der Waals surface area contributed by atoms with Gasteiger partial charge in [0.1, 0.15) is 5.75 Å². The summed E-state index contributed by atoms with van der Waals surface area (Å²) in [6.45, 7) is 0.771. The van der Waals surface area contributed by atoms with Crippen molar-refractivity contribution in [2.75, 3.05) is 24.7 Å². The lowest BCUT2D eigenvalue weighted by molar-refractivity contribution is 0.415. The van der Waals surface area contributed by atoms with E-state index in [0.717, 1.165) is 12.2 Å². The van der Waals surface area contributed by atoms with Crippen LogP contribution in [0.3, 0.4) is 0 Å². The van der Waals surface area contributed by atoms with Crippen LogP contribution in [-0.2, 0) is 0 Å². The maximum absolute atomic E-state index is 6.06. The van der Waals surface area contributed by atoms with Crippen molar-refractivity contribution >= 4 is 35.0 Å². The quantitative estimate of drug-likeness (QED) is 0.661. The molecule has 0 bridgehead atoms. The molecule has 6 heteroatoms. The summed E-state index contributed by atoms with van der Waals surface area (Å²) in [5.41, 5.74) is 6.71. The molecule has 1 unspecified atom stereocenters. The number of aliphatic imine (C=N–C) groups is 1. The van der Waals surface area contributed by atoms with Crippen molar-refractivity contribution in [3.05, 3.63) is 23.2 Å². The van der Waals surface area contributed by atoms with E-state index in [1.165, 1.54) is 25.0 Å². The van der Waals surface area contributed by atoms with Crippen LogP contribution in [0.15, 0.2) is 23.2 Å². The normalized spacial score (nSPS) is 19.7. The molecule has 0 saturated carbocycles. The summed E-state index contributed by atoms with van der Waals surface area (Å²) in [5.74, 6) is 2.31. The number of guanidine groups is 1. The maximum Gasteiger partial charge on any atom is 0.193 e. The molecule has 110 valence electrons. The van der Waals surface area contributed by atoms with Crippen LogP contribution in [0.5, 0.6) is 5.75 Å². The molecule has 0 radical (unpaired) electrons. The van der Waals surface area contributed by atoms with E-state index >= 15 is 0 Å². The molecule has 1 aliphatic heterocycles. The van der Waals surface area contributed by atoms with E-state index in [1.54, 1.807) is 19.2 Å². The maximum atomic E-state index is 6.06. The third kappa shape index (κ3) is 4.49. The summed E-state index contributed by atoms with van der Waals surface area (Å²) in [4.78, 5) is 4.40. The molecule has 0 spiro atoms. The number of hydrogen-bond donors (Lipinski definition) is 2. The van der Waals surface area contributed by atoms with Gasteiger partial charge in [-0.25, -0.2) is 0 Å². The van der Waals surface area contributed by atoms with Gasteiger partial charge in [-0.15, -0.1) is 0 Å². The molecule has 0 aliphatic carbocycles. The molecular formula is C14H20ClN3OS. The van der Waals surface area contributed by atoms with E-state index < -0.39 is 0 Å². The van der Waals surface area contributed by atoms with Crippen LogP contribution in [-0.4, -0.2) is 30.6 Å². The number of anilines is 1. The van der Waals surface area contributed by atoms with Crippen molar-refractivity contribution < 1.29 is 4.74 Å². The lowest BCUT2D eigenvalue weighted by Crippen LogP contribution is -2.24. The minimum Gasteiger partial charge on any atom is -0.495 e. The van der Waals surface area contributed by atoms with Gasteiger partial charge in [-0.3, -0.25) is 4.99 Å². The van der Waals surface area contributed by atoms with Gasteiger partial charge in [0.2, 0.25) is 0 Å². The predicted octanol–water partition coefficient (Wildman–Crippen LogP) is 3.36. The highest BCUT2D eigenvalue weighted by Gasteiger charge is 2.13. The molecule has 1 fully saturated rings. The second kappa shape index (κ2) is 7.64. The number of hydrogen-bond acceptors (Lipinski definition) is 3. The lowest BCUT2D eigenvalue weighted by Gasteiger charge is -2.19. The van der Waals surface area contributed by atoms with Crippen molar-refractivity contribution in [2.45, 2.75) is 24.5 Å². The molecule has 1 saturated heterocycles. The smallest absolute Gasteiger partial charge is 0.193 e. The Bertz CT molecular complexity index is 475. The Morgan fingerprint density at radius 1 is 1.55 bits per heavy atom. The number of nitrogens with zero attached hydrogens (tertiary/aromatic N) is 1. The first kappa shape index (κ1) is 15.3. The second-order valence-electron chi connectivity index (χ2n) is 4.69. The zero-order valence-corrected chi connectivity index (χ0v) is 13.1. The highest BCUT2D eigenvalue weighted by Crippen LogP contribution is 2.27. The minimum absolute atomic E-state index is 0.428. The molecule has 1 atom stereocenters. The number of thioether (sulfide) groups is 1. The van der Waals surface area contributed by atoms with Crippen molar-refractivity contribution in [1.29, 1.82) is 0 Å². The van der Waals surface area contributed by atoms with Gasteiger partial charge in [-0.05, 0) is 36.8 Å². The number of nitrogens with one attached hydrogen (secondary N) is 1. The fraction of sp³-hybridized carbons (Fsp3) is 0.500. The third-order valence-electron chi connectivity index (χ3n) is 3.16. The molecule has 3 N–H and O–H groups in total. The number of nitrogens with two attached hydrogens (primary N) is 1. The van der Waals surface area contributed by atoms with Gasteiger partial charge < -0.3 is 15.8 Å². The minimum atomic E-state index is 0.428. The highest BCUT2D eigenvalue weighted by atomic mass is 35.5. The van der Waals surface area contributed by atoms with Gasteiger partial charge >= 0.3 is 0 Å². The zero-order chi connectivity index (χ0) is 14.4. The number of rotatable bonds is 4. The molecule has 2 rings (SSSR count). The molecule has 20 heavy (non-hydrogen) atoms. The van der Waals surface area contributed by atoms with Crippen LogP contribution in [0.2, 0.25) is 5.02 Å². The van der Waals surface area contributed by atoms with Crippen LogP contribution >= 0.6 is 23.4 Å². The first-order valence-electron chi connectivity index (χ1n) is 6.71. The monoisotopic (exact) mass is 313 g/mol. The Morgan fingerprint density at radius 3 is 3.05 bits per heavy atom. The van der Waals surface area contributed by atoms with E-state index in [-0.39, 0.29) is 0 Å². The molecule has 4 nitrogen and oxygen atoms in total. The fourth-order valence-electron chi connectivity index (χ4n) is 2.08. The highest BCUT2D eigenvalue weighted by molar-refractivity contribution is 7.99. The van der Waals surface area contributed by atoms with Crippen LogP contribution in [0.4, 0.5) is 5.69 Å². The molecule has 1 aliphatic rings. The summed E-state index contributed by atoms with van der Waals surface area (Å²) in [6, 6.07) is 5.44. The molecule has 1 aromatic carbocycles. The Balaban J connectivity index is 1.89. The van der Waals surface area contributed by atoms with Gasteiger partial charge in [0.15, 0.2) is 5.96 Å². The fourth-order valence-corrected chi connectivity index (χ4v) is 3.56. The largest absolute Gasteiger partial charge is 0.495 e. The first-order valence-corrected chi connectivity index (χ1v) is 8.14. The van der Waals surface area contributed by atoms with Crippen molar-refractivity contribution in [3.63, 3.8) is 0 Å². The molecule has 1 heterocycles. The molecule has 1 aromatic rings. The van der Waals surface area contributed by atoms with Crippen molar-refractivity contribution in [2.24, 2.45) is 10.7 Å². The third-order valence-corrected chi connectivity index (χ3v) is 4.84. The average molecular weight is 314 g/mol. The topological polar surface area (TPSA) is 59.6 Å². The van der Waals surface area contributed by atoms with E-state index in [0.29, 0.717) is 22.0 Å². The Hall–Kier alpha value is -1.07. The van der Waals surface area contributed by atoms with Gasteiger partial charge in [0.05, 0.1) is 18.7 Å². The lowest BCUT2D eigenvalue weighted by atomic mass is 10.2. The van der Waals surface area contributed by atoms with Crippen LogP contribution in [0.1, 0.15) is 19.3 Å². The predicted molar refractivity (Wildman–Crippen MR) is 88.2 cm³/mol. The summed E-state index contributed by atoms with van der Waals surface area (Å²) >= 11 is 8.05. The van der Waals surface area contributed by atoms with Crippen LogP contribution < -0.4 is 15.8 Å². The standard InChI is InChI=1S/C14H20ClN3OS/c1-19-13-6-5-10(8-12(13)15)18-14(16)17-9-11-4-2-3-7-20-11/h5-6,8,11H,2-4,7,9H2,1H3,(H3,16,17,18). The van der Waals surface area contributed by atoms with Gasteiger partial charge in [0, 0.05) is 10.9 Å². The average Bonchev–Trinajstić information content (AvgIpc) is 2.46. The SMILES string of the molecule is COc1ccc(NC(N)=NCC2CCCCS2)cc1Cl. The number of methoxy groups -OCH3 is 1.